The summed E-state index contributed by atoms with van der Waals surface area (Å²) < 4.78 is 24.7. The molecule has 0 aromatic heterocycles. The van der Waals surface area contributed by atoms with Gasteiger partial charge in [0, 0.05) is 53.3 Å². The number of carboxylic acid groups (broad SMARTS) is 1. The average Bonchev–Trinajstić information content (AvgIpc) is 1.77. The van der Waals surface area contributed by atoms with E-state index in [2.05, 4.69) is 12.2 Å². The number of amides is 2. The number of carboxylic acids is 1. The van der Waals surface area contributed by atoms with Gasteiger partial charge in [-0.1, -0.05) is 77.5 Å². The van der Waals surface area contributed by atoms with Crippen molar-refractivity contribution in [2.24, 2.45) is 47.3 Å². The number of ether oxygens (including phenoxy) is 3. The first-order chi connectivity index (χ1) is 39.4. The highest BCUT2D eigenvalue weighted by Gasteiger charge is 2.55. The number of aliphatic hydroxyl groups is 3. The van der Waals surface area contributed by atoms with Gasteiger partial charge in [-0.25, -0.2) is 14.4 Å². The molecule has 0 spiro atoms. The number of phenols is 1. The van der Waals surface area contributed by atoms with Crippen molar-refractivity contribution in [3.8, 4) is 28.2 Å². The molecule has 2 aliphatic carbocycles. The van der Waals surface area contributed by atoms with Crippen LogP contribution in [0, 0.1) is 47.3 Å². The molecule has 8 rings (SSSR count). The second kappa shape index (κ2) is 26.5. The summed E-state index contributed by atoms with van der Waals surface area (Å²) in [6, 6.07) is 12.3. The predicted octanol–water partition coefficient (Wildman–Crippen LogP) is 9.52. The second-order valence-electron chi connectivity index (χ2n) is 24.6. The van der Waals surface area contributed by atoms with Crippen LogP contribution in [0.1, 0.15) is 142 Å². The Morgan fingerprint density at radius 2 is 1.59 bits per heavy atom. The first-order valence-corrected chi connectivity index (χ1v) is 29.5. The molecule has 8 unspecified atom stereocenters. The third-order valence-corrected chi connectivity index (χ3v) is 18.0. The van der Waals surface area contributed by atoms with Gasteiger partial charge >= 0.3 is 18.0 Å². The number of nitrogens with one attached hydrogen (secondary N) is 1. The van der Waals surface area contributed by atoms with Crippen molar-refractivity contribution in [2.75, 3.05) is 13.2 Å². The fraction of sp³-hybridized carbons (Fsp3) is 0.554. The molecule has 3 fully saturated rings. The van der Waals surface area contributed by atoms with Crippen molar-refractivity contribution in [3.05, 3.63) is 99.2 Å². The number of aromatic hydroxyl groups is 1. The van der Waals surface area contributed by atoms with E-state index in [1.807, 2.05) is 39.8 Å². The molecule has 2 aromatic carbocycles. The number of Topliss-reactive ketones (excluding diaryl/α,β-unsaturated/α-hetero) is 2. The molecule has 2 amide bonds. The monoisotopic (exact) mass is 1150 g/mol. The minimum Gasteiger partial charge on any atom is -0.507 e. The van der Waals surface area contributed by atoms with Crippen LogP contribution in [0.2, 0.25) is 0 Å². The average molecular weight is 1150 g/mol. The minimum absolute atomic E-state index is 0.00286. The zero-order valence-corrected chi connectivity index (χ0v) is 48.9. The summed E-state index contributed by atoms with van der Waals surface area (Å²) in [5, 5.41) is 59.3. The van der Waals surface area contributed by atoms with Gasteiger partial charge in [0.1, 0.15) is 35.0 Å². The summed E-state index contributed by atoms with van der Waals surface area (Å²) in [6.45, 7) is 14.5. The minimum atomic E-state index is -2.45. The molecule has 14 atom stereocenters. The van der Waals surface area contributed by atoms with Gasteiger partial charge in [-0.2, -0.15) is 0 Å². The van der Waals surface area contributed by atoms with Crippen molar-refractivity contribution in [2.45, 2.75) is 169 Å². The zero-order chi connectivity index (χ0) is 60.2. The Kier molecular flexibility index (Phi) is 19.9. The number of carbonyl (C=O) groups excluding carboxylic acids is 5. The molecular formula is C65H82N2O16. The number of esters is 1. The van der Waals surface area contributed by atoms with Gasteiger partial charge in [-0.05, 0) is 149 Å². The summed E-state index contributed by atoms with van der Waals surface area (Å²) >= 11 is 0. The molecule has 2 aromatic rings. The number of fused-ring (bicyclic) bond motifs is 5. The molecule has 2 saturated heterocycles. The first kappa shape index (κ1) is 62.3. The maximum Gasteiger partial charge on any atom is 0.407 e. The summed E-state index contributed by atoms with van der Waals surface area (Å²) in [5.41, 5.74) is 2.51. The van der Waals surface area contributed by atoms with E-state index in [0.29, 0.717) is 79.0 Å². The molecule has 448 valence electrons. The van der Waals surface area contributed by atoms with Crippen molar-refractivity contribution < 1.29 is 72.9 Å². The number of benzene rings is 3. The third-order valence-electron chi connectivity index (χ3n) is 18.0. The molecule has 4 heterocycles. The molecule has 0 radical (unpaired) electrons. The van der Waals surface area contributed by atoms with Crippen LogP contribution in [0.3, 0.4) is 0 Å². The SMILES string of the molecule is C/C1=C\[C@@H](CCOC(=O)NCc2c(O)ccc3c(-c4ccccc4C(=O)O)c4ccc(=O)cc-4oc23)C(=O)CC(O)[C@@H](C)[C@@H](/C(C)=C/C2CC[C@@H](O)C(C)C2)OC(=O)C2CCCCN2C(=O)C(=O)C2(O)OC(C(C)CC2C)[C@@H](C)C[C@@H](C)C1. The number of aromatic carboxylic acids is 1. The molecule has 2 bridgehead atoms. The Morgan fingerprint density at radius 3 is 2.33 bits per heavy atom. The number of allylic oxidation sites excluding steroid dienone is 3. The highest BCUT2D eigenvalue weighted by Crippen LogP contribution is 2.45. The van der Waals surface area contributed by atoms with Crippen LogP contribution in [0.5, 0.6) is 5.75 Å². The Morgan fingerprint density at radius 1 is 0.855 bits per heavy atom. The first-order valence-electron chi connectivity index (χ1n) is 29.5. The van der Waals surface area contributed by atoms with E-state index in [-0.39, 0.29) is 108 Å². The Bertz CT molecular complexity index is 3160. The number of piperidine rings is 1. The highest BCUT2D eigenvalue weighted by atomic mass is 16.6. The fourth-order valence-electron chi connectivity index (χ4n) is 13.5. The summed E-state index contributed by atoms with van der Waals surface area (Å²) in [5.74, 6) is -9.81. The molecule has 6 aliphatic rings. The van der Waals surface area contributed by atoms with E-state index >= 15 is 0 Å². The topological polar surface area (TPSA) is 277 Å². The van der Waals surface area contributed by atoms with Crippen LogP contribution in [-0.2, 0) is 39.9 Å². The molecule has 1 saturated carbocycles. The van der Waals surface area contributed by atoms with Gasteiger partial charge in [0.2, 0.25) is 5.79 Å². The third kappa shape index (κ3) is 13.9. The van der Waals surface area contributed by atoms with Gasteiger partial charge in [0.25, 0.3) is 11.7 Å². The lowest BCUT2D eigenvalue weighted by Gasteiger charge is -2.46. The van der Waals surface area contributed by atoms with Crippen LogP contribution in [0.4, 0.5) is 4.79 Å². The van der Waals surface area contributed by atoms with Gasteiger partial charge < -0.3 is 54.4 Å². The number of cyclic esters (lactones) is 1. The van der Waals surface area contributed by atoms with Gasteiger partial charge in [-0.15, -0.1) is 0 Å². The number of aliphatic hydroxyl groups excluding tert-OH is 2. The number of phenolic OH excluding ortho intramolecular Hbond substituents is 1. The van der Waals surface area contributed by atoms with Crippen LogP contribution in [0.15, 0.2) is 87.1 Å². The quantitative estimate of drug-likeness (QED) is 0.0394. The van der Waals surface area contributed by atoms with Crippen molar-refractivity contribution in [1.82, 2.24) is 10.2 Å². The Balaban J connectivity index is 1.07. The van der Waals surface area contributed by atoms with Crippen LogP contribution in [0.25, 0.3) is 33.4 Å². The van der Waals surface area contributed by atoms with E-state index in [1.54, 1.807) is 51.1 Å². The number of hydrogen-bond donors (Lipinski definition) is 6. The van der Waals surface area contributed by atoms with Crippen LogP contribution in [-0.4, -0.2) is 115 Å². The lowest BCUT2D eigenvalue weighted by molar-refractivity contribution is -0.282. The summed E-state index contributed by atoms with van der Waals surface area (Å²) in [7, 11) is 0. The van der Waals surface area contributed by atoms with E-state index in [9.17, 15) is 59.1 Å². The number of hydrogen-bond acceptors (Lipinski definition) is 15. The van der Waals surface area contributed by atoms with Crippen molar-refractivity contribution in [3.63, 3.8) is 0 Å². The van der Waals surface area contributed by atoms with E-state index in [4.69, 9.17) is 18.6 Å². The van der Waals surface area contributed by atoms with Crippen molar-refractivity contribution >= 4 is 46.5 Å². The van der Waals surface area contributed by atoms with E-state index in [0.717, 1.165) is 5.57 Å². The number of ketones is 2. The van der Waals surface area contributed by atoms with Crippen molar-refractivity contribution in [1.29, 1.82) is 0 Å². The largest absolute Gasteiger partial charge is 0.507 e. The number of rotatable bonds is 9. The molecule has 4 aliphatic heterocycles. The van der Waals surface area contributed by atoms with Gasteiger partial charge in [0.15, 0.2) is 5.43 Å². The van der Waals surface area contributed by atoms with Gasteiger partial charge in [0.05, 0.1) is 42.6 Å². The molecule has 18 heteroatoms. The second-order valence-corrected chi connectivity index (χ2v) is 24.6. The molecule has 6 N–H and O–H groups in total. The van der Waals surface area contributed by atoms with Gasteiger partial charge in [-0.3, -0.25) is 19.2 Å². The normalized spacial score (nSPS) is 31.7. The Labute approximate surface area is 484 Å². The maximum absolute atomic E-state index is 14.7. The van der Waals surface area contributed by atoms with Crippen LogP contribution < -0.4 is 10.7 Å². The predicted molar refractivity (Wildman–Crippen MR) is 309 cm³/mol. The number of nitrogens with zero attached hydrogens (tertiary/aromatic N) is 1. The standard InChI is InChI=1S/C65H82N2O16/c1-34-25-35(2)27-43(22-24-80-64(78)66-33-49-52(70)21-19-48-56(45-13-9-10-14-46(45)62(75)76)47-18-17-44(68)31-55(47)81-59(48)49)54(72)32-53(71)41(8)58(39(6)30-42-16-20-51(69)36(3)29-42)82-63(77)50-15-11-12-23-67(50)61(74)60(73)65(79)40(7)28-38(5)57(83-65)37(4)26-34/h9-10,13-14,17-19,21,27,30-31,34,36-38,40-43,50-51,53,57-58,69-71,79H,11-12,15-16,20,22-26,28-29,32-33H2,1-8H3,(H,66,78)(H,75,76)/b35-27+,39-30+/t34-,36?,37-,38?,40?,41+,42?,43+,50?,51+,53?,57?,58+,65?/m0/s1. The highest BCUT2D eigenvalue weighted by molar-refractivity contribution is 6.39. The lowest BCUT2D eigenvalue weighted by Crippen LogP contribution is -2.62. The zero-order valence-electron chi connectivity index (χ0n) is 48.9. The molecule has 83 heavy (non-hydrogen) atoms. The lowest BCUT2D eigenvalue weighted by atomic mass is 9.76. The number of alkyl carbamates (subject to hydrolysis) is 1. The smallest absolute Gasteiger partial charge is 0.407 e. The van der Waals surface area contributed by atoms with Crippen LogP contribution >= 0.6 is 0 Å². The maximum atomic E-state index is 14.7. The van der Waals surface area contributed by atoms with E-state index in [1.165, 1.54) is 29.2 Å². The summed E-state index contributed by atoms with van der Waals surface area (Å²) in [6.07, 6.45) is 3.73. The number of carbonyl (C=O) groups is 6. The molecule has 18 nitrogen and oxygen atoms in total. The summed E-state index contributed by atoms with van der Waals surface area (Å²) in [4.78, 5) is 97.9. The Hall–Kier alpha value is -6.73. The van der Waals surface area contributed by atoms with E-state index < -0.39 is 83.7 Å². The molecular weight excluding hydrogens is 1060 g/mol. The fourth-order valence-corrected chi connectivity index (χ4v) is 13.5.